The number of benzene rings is 2. The van der Waals surface area contributed by atoms with Gasteiger partial charge in [-0.25, -0.2) is 14.5 Å². The van der Waals surface area contributed by atoms with E-state index in [-0.39, 0.29) is 12.0 Å². The lowest BCUT2D eigenvalue weighted by molar-refractivity contribution is -0.0177. The molecule has 3 rings (SSSR count). The Bertz CT molecular complexity index is 998. The Morgan fingerprint density at radius 3 is 2.41 bits per heavy atom. The summed E-state index contributed by atoms with van der Waals surface area (Å²) in [5, 5.41) is 13.4. The molecule has 152 valence electrons. The molecule has 0 aliphatic carbocycles. The minimum Gasteiger partial charge on any atom is -0.478 e. The van der Waals surface area contributed by atoms with Gasteiger partial charge in [0.2, 0.25) is 5.82 Å². The third kappa shape index (κ3) is 4.50. The van der Waals surface area contributed by atoms with Crippen LogP contribution in [-0.4, -0.2) is 25.8 Å². The Morgan fingerprint density at radius 2 is 1.79 bits per heavy atom. The van der Waals surface area contributed by atoms with Crippen LogP contribution in [-0.2, 0) is 18.9 Å². The molecule has 0 aliphatic rings. The normalized spacial score (nSPS) is 11.6. The molecule has 29 heavy (non-hydrogen) atoms. The van der Waals surface area contributed by atoms with Gasteiger partial charge in [-0.1, -0.05) is 56.3 Å². The molecule has 0 amide bonds. The van der Waals surface area contributed by atoms with E-state index in [1.807, 2.05) is 31.2 Å². The topological polar surface area (TPSA) is 68.0 Å². The van der Waals surface area contributed by atoms with E-state index < -0.39 is 17.7 Å². The number of hydrogen-bond acceptors (Lipinski definition) is 3. The molecule has 1 aromatic heterocycles. The summed E-state index contributed by atoms with van der Waals surface area (Å²) in [5.41, 5.74) is 2.53. The lowest BCUT2D eigenvalue weighted by Crippen LogP contribution is -2.14. The van der Waals surface area contributed by atoms with Gasteiger partial charge in [0.1, 0.15) is 5.82 Å². The van der Waals surface area contributed by atoms with Gasteiger partial charge in [-0.2, -0.15) is 8.78 Å². The first-order valence-corrected chi connectivity index (χ1v) is 9.59. The Labute approximate surface area is 168 Å². The second-order valence-corrected chi connectivity index (χ2v) is 6.86. The summed E-state index contributed by atoms with van der Waals surface area (Å²) < 4.78 is 29.6. The standard InChI is InChI=1S/C22H23F2N3O2/c1-3-13-27-19(25-21(26-27)22(23,24)4-2)14-15-9-11-16(12-10-15)17-7-5-6-8-18(17)20(28)29/h5-12H,3-4,13-14H2,1-2H3,(H,28,29). The molecule has 1 heterocycles. The van der Waals surface area contributed by atoms with Crippen molar-refractivity contribution in [1.82, 2.24) is 14.8 Å². The first-order chi connectivity index (χ1) is 13.9. The fraction of sp³-hybridized carbons (Fsp3) is 0.318. The zero-order valence-corrected chi connectivity index (χ0v) is 16.4. The van der Waals surface area contributed by atoms with Crippen LogP contribution in [0.1, 0.15) is 54.3 Å². The van der Waals surface area contributed by atoms with Gasteiger partial charge in [0.25, 0.3) is 0 Å². The zero-order chi connectivity index (χ0) is 21.0. The predicted octanol–water partition coefficient (Wildman–Crippen LogP) is 5.15. The third-order valence-electron chi connectivity index (χ3n) is 4.74. The summed E-state index contributed by atoms with van der Waals surface area (Å²) in [6, 6.07) is 14.2. The second kappa shape index (κ2) is 8.51. The largest absolute Gasteiger partial charge is 0.478 e. The van der Waals surface area contributed by atoms with Crippen LogP contribution in [0.15, 0.2) is 48.5 Å². The summed E-state index contributed by atoms with van der Waals surface area (Å²) in [7, 11) is 0. The van der Waals surface area contributed by atoms with E-state index >= 15 is 0 Å². The molecule has 1 N–H and O–H groups in total. The summed E-state index contributed by atoms with van der Waals surface area (Å²) >= 11 is 0. The first kappa shape index (κ1) is 20.6. The van der Waals surface area contributed by atoms with Crippen molar-refractivity contribution in [3.63, 3.8) is 0 Å². The number of carboxylic acids is 1. The number of aryl methyl sites for hydroxylation is 1. The highest BCUT2D eigenvalue weighted by Crippen LogP contribution is 2.29. The third-order valence-corrected chi connectivity index (χ3v) is 4.74. The van der Waals surface area contributed by atoms with E-state index in [0.29, 0.717) is 24.4 Å². The molecule has 3 aromatic rings. The molecule has 0 fully saturated rings. The second-order valence-electron chi connectivity index (χ2n) is 6.86. The molecule has 0 saturated heterocycles. The molecule has 0 atom stereocenters. The van der Waals surface area contributed by atoms with Crippen LogP contribution >= 0.6 is 0 Å². The molecule has 0 saturated carbocycles. The van der Waals surface area contributed by atoms with Crippen molar-refractivity contribution in [2.75, 3.05) is 0 Å². The van der Waals surface area contributed by atoms with Crippen LogP contribution in [0.5, 0.6) is 0 Å². The van der Waals surface area contributed by atoms with Gasteiger partial charge in [0.15, 0.2) is 0 Å². The van der Waals surface area contributed by atoms with Gasteiger partial charge in [-0.05, 0) is 29.2 Å². The fourth-order valence-electron chi connectivity index (χ4n) is 3.12. The summed E-state index contributed by atoms with van der Waals surface area (Å²) in [6.07, 6.45) is 0.784. The summed E-state index contributed by atoms with van der Waals surface area (Å²) in [4.78, 5) is 15.5. The number of alkyl halides is 2. The maximum Gasteiger partial charge on any atom is 0.336 e. The quantitative estimate of drug-likeness (QED) is 0.569. The summed E-state index contributed by atoms with van der Waals surface area (Å²) in [6.45, 7) is 3.89. The Hall–Kier alpha value is -3.09. The molecule has 0 aliphatic heterocycles. The lowest BCUT2D eigenvalue weighted by Gasteiger charge is -2.08. The smallest absolute Gasteiger partial charge is 0.336 e. The minimum absolute atomic E-state index is 0.231. The van der Waals surface area contributed by atoms with Gasteiger partial charge in [-0.15, -0.1) is 5.10 Å². The minimum atomic E-state index is -3.04. The SMILES string of the molecule is CCCn1nc(C(F)(F)CC)nc1Cc1ccc(-c2ccccc2C(=O)O)cc1. The van der Waals surface area contributed by atoms with Crippen molar-refractivity contribution in [2.24, 2.45) is 0 Å². The highest BCUT2D eigenvalue weighted by atomic mass is 19.3. The summed E-state index contributed by atoms with van der Waals surface area (Å²) in [5.74, 6) is -3.97. The number of rotatable bonds is 8. The van der Waals surface area contributed by atoms with E-state index in [0.717, 1.165) is 17.5 Å². The Balaban J connectivity index is 1.88. The molecule has 2 aromatic carbocycles. The highest BCUT2D eigenvalue weighted by molar-refractivity contribution is 5.95. The van der Waals surface area contributed by atoms with Crippen molar-refractivity contribution < 1.29 is 18.7 Å². The van der Waals surface area contributed by atoms with E-state index in [1.165, 1.54) is 6.92 Å². The fourth-order valence-corrected chi connectivity index (χ4v) is 3.12. The average Bonchev–Trinajstić information content (AvgIpc) is 3.12. The van der Waals surface area contributed by atoms with E-state index in [1.54, 1.807) is 28.9 Å². The van der Waals surface area contributed by atoms with Crippen molar-refractivity contribution in [3.8, 4) is 11.1 Å². The molecule has 0 bridgehead atoms. The molecular formula is C22H23F2N3O2. The number of carbonyl (C=O) groups is 1. The van der Waals surface area contributed by atoms with Crippen LogP contribution in [0.3, 0.4) is 0 Å². The highest BCUT2D eigenvalue weighted by Gasteiger charge is 2.35. The molecule has 0 unspecified atom stereocenters. The predicted molar refractivity (Wildman–Crippen MR) is 106 cm³/mol. The van der Waals surface area contributed by atoms with Crippen molar-refractivity contribution >= 4 is 5.97 Å². The zero-order valence-electron chi connectivity index (χ0n) is 16.4. The van der Waals surface area contributed by atoms with Crippen LogP contribution in [0.25, 0.3) is 11.1 Å². The van der Waals surface area contributed by atoms with Crippen LogP contribution in [0.4, 0.5) is 8.78 Å². The average molecular weight is 399 g/mol. The Kier molecular flexibility index (Phi) is 6.06. The molecular weight excluding hydrogens is 376 g/mol. The number of aromatic carboxylic acids is 1. The number of aromatic nitrogens is 3. The number of hydrogen-bond donors (Lipinski definition) is 1. The number of nitrogens with zero attached hydrogens (tertiary/aromatic N) is 3. The lowest BCUT2D eigenvalue weighted by atomic mass is 9.98. The maximum absolute atomic E-state index is 14.0. The van der Waals surface area contributed by atoms with E-state index in [9.17, 15) is 18.7 Å². The number of halogens is 2. The van der Waals surface area contributed by atoms with Gasteiger partial charge >= 0.3 is 11.9 Å². The van der Waals surface area contributed by atoms with Crippen LogP contribution < -0.4 is 0 Å². The monoisotopic (exact) mass is 399 g/mol. The van der Waals surface area contributed by atoms with Crippen molar-refractivity contribution in [2.45, 2.75) is 45.6 Å². The molecule has 0 radical (unpaired) electrons. The van der Waals surface area contributed by atoms with Gasteiger partial charge in [0, 0.05) is 19.4 Å². The molecule has 5 nitrogen and oxygen atoms in total. The van der Waals surface area contributed by atoms with Crippen molar-refractivity contribution in [3.05, 3.63) is 71.3 Å². The van der Waals surface area contributed by atoms with E-state index in [2.05, 4.69) is 10.1 Å². The Morgan fingerprint density at radius 1 is 1.10 bits per heavy atom. The van der Waals surface area contributed by atoms with Gasteiger partial charge < -0.3 is 5.11 Å². The maximum atomic E-state index is 14.0. The van der Waals surface area contributed by atoms with Crippen LogP contribution in [0.2, 0.25) is 0 Å². The van der Waals surface area contributed by atoms with Crippen molar-refractivity contribution in [1.29, 1.82) is 0 Å². The van der Waals surface area contributed by atoms with Gasteiger partial charge in [-0.3, -0.25) is 0 Å². The molecule has 0 spiro atoms. The van der Waals surface area contributed by atoms with Crippen LogP contribution in [0, 0.1) is 0 Å². The molecule has 7 heteroatoms. The first-order valence-electron chi connectivity index (χ1n) is 9.59. The van der Waals surface area contributed by atoms with Gasteiger partial charge in [0.05, 0.1) is 5.56 Å². The number of carboxylic acid groups (broad SMARTS) is 1. The van der Waals surface area contributed by atoms with E-state index in [4.69, 9.17) is 0 Å².